The number of allylic oxidation sites excluding steroid dienone is 6. The van der Waals surface area contributed by atoms with E-state index in [9.17, 15) is 14.4 Å². The first kappa shape index (κ1) is 70.6. The molecule has 0 spiro atoms. The molecule has 0 aromatic rings. The van der Waals surface area contributed by atoms with E-state index in [0.717, 1.165) is 64.2 Å². The van der Waals surface area contributed by atoms with Gasteiger partial charge in [-0.05, 0) is 57.8 Å². The van der Waals surface area contributed by atoms with Gasteiger partial charge < -0.3 is 14.2 Å². The molecule has 0 aromatic heterocycles. The van der Waals surface area contributed by atoms with Gasteiger partial charge in [0, 0.05) is 19.3 Å². The van der Waals surface area contributed by atoms with E-state index in [0.29, 0.717) is 19.3 Å². The maximum Gasteiger partial charge on any atom is 0.306 e. The zero-order valence-electron chi connectivity index (χ0n) is 49.2. The van der Waals surface area contributed by atoms with Gasteiger partial charge in [0.05, 0.1) is 0 Å². The third-order valence-electron chi connectivity index (χ3n) is 14.6. The van der Waals surface area contributed by atoms with Crippen LogP contribution in [0.15, 0.2) is 36.5 Å². The monoisotopic (exact) mass is 1020 g/mol. The molecule has 0 aliphatic carbocycles. The van der Waals surface area contributed by atoms with Crippen molar-refractivity contribution in [2.75, 3.05) is 13.2 Å². The molecule has 0 heterocycles. The fourth-order valence-corrected chi connectivity index (χ4v) is 9.75. The first-order valence-corrected chi connectivity index (χ1v) is 32.5. The molecule has 1 atom stereocenters. The van der Waals surface area contributed by atoms with Crippen molar-refractivity contribution < 1.29 is 28.6 Å². The summed E-state index contributed by atoms with van der Waals surface area (Å²) >= 11 is 0. The molecular formula is C67H124O6. The van der Waals surface area contributed by atoms with E-state index >= 15 is 0 Å². The molecule has 73 heavy (non-hydrogen) atoms. The molecule has 0 amide bonds. The van der Waals surface area contributed by atoms with Gasteiger partial charge in [0.1, 0.15) is 13.2 Å². The Bertz CT molecular complexity index is 1220. The van der Waals surface area contributed by atoms with Gasteiger partial charge in [0.25, 0.3) is 0 Å². The third-order valence-corrected chi connectivity index (χ3v) is 14.6. The van der Waals surface area contributed by atoms with Gasteiger partial charge in [-0.1, -0.05) is 314 Å². The topological polar surface area (TPSA) is 78.9 Å². The minimum Gasteiger partial charge on any atom is -0.462 e. The molecule has 0 rings (SSSR count). The maximum atomic E-state index is 12.9. The summed E-state index contributed by atoms with van der Waals surface area (Å²) in [4.78, 5) is 38.3. The number of carbonyl (C=O) groups excluding carboxylic acids is 3. The summed E-state index contributed by atoms with van der Waals surface area (Å²) in [6.07, 6.45) is 75.9. The molecule has 0 N–H and O–H groups in total. The summed E-state index contributed by atoms with van der Waals surface area (Å²) in [7, 11) is 0. The lowest BCUT2D eigenvalue weighted by molar-refractivity contribution is -0.167. The smallest absolute Gasteiger partial charge is 0.306 e. The van der Waals surface area contributed by atoms with Crippen LogP contribution in [0, 0.1) is 0 Å². The molecule has 6 heteroatoms. The quantitative estimate of drug-likeness (QED) is 0.0261. The molecular weight excluding hydrogens is 901 g/mol. The lowest BCUT2D eigenvalue weighted by Crippen LogP contribution is -2.30. The van der Waals surface area contributed by atoms with Crippen LogP contribution in [0.5, 0.6) is 0 Å². The summed E-state index contributed by atoms with van der Waals surface area (Å²) < 4.78 is 16.9. The van der Waals surface area contributed by atoms with Crippen LogP contribution in [0.3, 0.4) is 0 Å². The van der Waals surface area contributed by atoms with Gasteiger partial charge in [0.2, 0.25) is 0 Å². The van der Waals surface area contributed by atoms with Crippen LogP contribution in [0.1, 0.15) is 355 Å². The molecule has 428 valence electrons. The standard InChI is InChI=1S/C67H124O6/c1-4-7-10-13-16-19-22-25-28-30-32-33-35-37-40-42-45-48-51-54-57-60-66(69)72-63-64(73-67(70)61-58-55-52-49-46-43-38-27-24-21-18-15-12-9-6-3)62-71-65(68)59-56-53-50-47-44-41-39-36-34-31-29-26-23-20-17-14-11-8-5-2/h18,21,27,38,46,49,64H,4-17,19-20,22-26,28-37,39-45,47-48,50-63H2,1-3H3/b21-18-,38-27-,49-46-. The average molecular weight is 1030 g/mol. The van der Waals surface area contributed by atoms with Gasteiger partial charge in [-0.2, -0.15) is 0 Å². The second-order valence-corrected chi connectivity index (χ2v) is 22.0. The fraction of sp³-hybridized carbons (Fsp3) is 0.866. The van der Waals surface area contributed by atoms with Crippen LogP contribution in [-0.4, -0.2) is 37.2 Å². The third kappa shape index (κ3) is 60.4. The van der Waals surface area contributed by atoms with Gasteiger partial charge in [-0.15, -0.1) is 0 Å². The van der Waals surface area contributed by atoms with E-state index in [2.05, 4.69) is 57.2 Å². The number of rotatable bonds is 60. The molecule has 0 bridgehead atoms. The van der Waals surface area contributed by atoms with Crippen LogP contribution >= 0.6 is 0 Å². The molecule has 0 fully saturated rings. The number of hydrogen-bond acceptors (Lipinski definition) is 6. The average Bonchev–Trinajstić information content (AvgIpc) is 3.39. The van der Waals surface area contributed by atoms with Crippen LogP contribution in [0.2, 0.25) is 0 Å². The number of unbranched alkanes of at least 4 members (excludes halogenated alkanes) is 43. The molecule has 0 saturated carbocycles. The molecule has 0 aromatic carbocycles. The fourth-order valence-electron chi connectivity index (χ4n) is 9.75. The summed E-state index contributed by atoms with van der Waals surface area (Å²) in [5, 5.41) is 0. The van der Waals surface area contributed by atoms with Crippen molar-refractivity contribution in [3.63, 3.8) is 0 Å². The normalized spacial score (nSPS) is 12.2. The van der Waals surface area contributed by atoms with Crippen molar-refractivity contribution >= 4 is 17.9 Å². The van der Waals surface area contributed by atoms with Gasteiger partial charge in [-0.3, -0.25) is 14.4 Å². The van der Waals surface area contributed by atoms with Crippen molar-refractivity contribution in [3.05, 3.63) is 36.5 Å². The van der Waals surface area contributed by atoms with E-state index in [-0.39, 0.29) is 37.5 Å². The van der Waals surface area contributed by atoms with Gasteiger partial charge >= 0.3 is 17.9 Å². The molecule has 0 radical (unpaired) electrons. The van der Waals surface area contributed by atoms with Gasteiger partial charge in [0.15, 0.2) is 6.10 Å². The highest BCUT2D eigenvalue weighted by molar-refractivity contribution is 5.71. The second kappa shape index (κ2) is 62.2. The maximum absolute atomic E-state index is 12.9. The van der Waals surface area contributed by atoms with Crippen LogP contribution in [0.4, 0.5) is 0 Å². The Morgan fingerprint density at radius 2 is 0.493 bits per heavy atom. The highest BCUT2D eigenvalue weighted by atomic mass is 16.6. The molecule has 6 nitrogen and oxygen atoms in total. The zero-order valence-corrected chi connectivity index (χ0v) is 49.2. The van der Waals surface area contributed by atoms with Crippen LogP contribution < -0.4 is 0 Å². The Morgan fingerprint density at radius 1 is 0.274 bits per heavy atom. The van der Waals surface area contributed by atoms with Crippen LogP contribution in [0.25, 0.3) is 0 Å². The van der Waals surface area contributed by atoms with E-state index in [4.69, 9.17) is 14.2 Å². The van der Waals surface area contributed by atoms with E-state index in [1.54, 1.807) is 0 Å². The zero-order chi connectivity index (χ0) is 52.9. The molecule has 0 saturated heterocycles. The Morgan fingerprint density at radius 3 is 0.795 bits per heavy atom. The Labute approximate surface area is 455 Å². The van der Waals surface area contributed by atoms with Crippen molar-refractivity contribution in [3.8, 4) is 0 Å². The lowest BCUT2D eigenvalue weighted by atomic mass is 10.0. The highest BCUT2D eigenvalue weighted by Gasteiger charge is 2.19. The molecule has 0 aliphatic rings. The Balaban J connectivity index is 4.32. The number of hydrogen-bond donors (Lipinski definition) is 0. The first-order chi connectivity index (χ1) is 36.0. The number of esters is 3. The second-order valence-electron chi connectivity index (χ2n) is 22.0. The van der Waals surface area contributed by atoms with Crippen molar-refractivity contribution in [1.29, 1.82) is 0 Å². The minimum atomic E-state index is -0.789. The Hall–Kier alpha value is -2.37. The minimum absolute atomic E-state index is 0.0821. The predicted octanol–water partition coefficient (Wildman–Crippen LogP) is 22.0. The largest absolute Gasteiger partial charge is 0.462 e. The Kier molecular flexibility index (Phi) is 60.2. The van der Waals surface area contributed by atoms with Crippen molar-refractivity contribution in [2.45, 2.75) is 361 Å². The summed E-state index contributed by atoms with van der Waals surface area (Å²) in [5.74, 6) is -0.894. The first-order valence-electron chi connectivity index (χ1n) is 32.5. The lowest BCUT2D eigenvalue weighted by Gasteiger charge is -2.18. The van der Waals surface area contributed by atoms with E-state index < -0.39 is 6.10 Å². The predicted molar refractivity (Wildman–Crippen MR) is 316 cm³/mol. The van der Waals surface area contributed by atoms with Crippen molar-refractivity contribution in [2.24, 2.45) is 0 Å². The van der Waals surface area contributed by atoms with Crippen LogP contribution in [-0.2, 0) is 28.6 Å². The summed E-state index contributed by atoms with van der Waals surface area (Å²) in [6, 6.07) is 0. The molecule has 0 aliphatic heterocycles. The number of ether oxygens (including phenoxy) is 3. The van der Waals surface area contributed by atoms with Gasteiger partial charge in [-0.25, -0.2) is 0 Å². The van der Waals surface area contributed by atoms with Crippen molar-refractivity contribution in [1.82, 2.24) is 0 Å². The van der Waals surface area contributed by atoms with E-state index in [1.807, 2.05) is 0 Å². The SMILES string of the molecule is CCCCC/C=C\C/C=C\C/C=C\CCCCC(=O)OC(COC(=O)CCCCCCCCCCCCCCCCCCCCC)COC(=O)CCCCCCCCCCCCCCCCCCCCCCC. The summed E-state index contributed by atoms with van der Waals surface area (Å²) in [5.41, 5.74) is 0. The highest BCUT2D eigenvalue weighted by Crippen LogP contribution is 2.18. The van der Waals surface area contributed by atoms with E-state index in [1.165, 1.54) is 244 Å². The number of carbonyl (C=O) groups is 3. The summed E-state index contributed by atoms with van der Waals surface area (Å²) in [6.45, 7) is 6.65. The molecule has 1 unspecified atom stereocenters.